The molecule has 0 fully saturated rings. The van der Waals surface area contributed by atoms with Gasteiger partial charge in [0, 0.05) is 62.1 Å². The van der Waals surface area contributed by atoms with Gasteiger partial charge in [0.25, 0.3) is 10.1 Å². The summed E-state index contributed by atoms with van der Waals surface area (Å²) in [6.07, 6.45) is 4.31. The van der Waals surface area contributed by atoms with Gasteiger partial charge in [0.05, 0.1) is 40.9 Å². The number of fused-ring (bicyclic) bond motifs is 1. The molecule has 0 atom stereocenters. The zero-order valence-electron chi connectivity index (χ0n) is 31.7. The van der Waals surface area contributed by atoms with Gasteiger partial charge in [-0.25, -0.2) is 14.8 Å². The maximum Gasteiger partial charge on any atom is 0.342 e. The fraction of sp³-hybridized carbons (Fsp3) is 0.282. The third-order valence-corrected chi connectivity index (χ3v) is 8.99. The topological polar surface area (TPSA) is 168 Å². The zero-order chi connectivity index (χ0) is 39.7. The largest absolute Gasteiger partial charge is 0.494 e. The first-order chi connectivity index (χ1) is 25.5. The third-order valence-electron chi connectivity index (χ3n) is 8.12. The number of carbonyl (C=O) groups is 2. The van der Waals surface area contributed by atoms with Crippen molar-refractivity contribution in [2.24, 2.45) is 7.05 Å². The van der Waals surface area contributed by atoms with Gasteiger partial charge in [-0.2, -0.15) is 8.42 Å². The number of benzene rings is 3. The lowest BCUT2D eigenvalue weighted by molar-refractivity contribution is -0.111. The van der Waals surface area contributed by atoms with Crippen LogP contribution < -0.4 is 20.3 Å². The van der Waals surface area contributed by atoms with Crippen LogP contribution in [0.3, 0.4) is 0 Å². The Morgan fingerprint density at radius 2 is 1.72 bits per heavy atom. The number of nitrogens with zero attached hydrogens (tertiary/aromatic N) is 5. The molecule has 2 heterocycles. The minimum absolute atomic E-state index is 0.0666. The van der Waals surface area contributed by atoms with Gasteiger partial charge < -0.3 is 34.5 Å². The predicted octanol–water partition coefficient (Wildman–Crippen LogP) is 6.32. The summed E-state index contributed by atoms with van der Waals surface area (Å²) in [7, 11) is 5.45. The molecule has 54 heavy (non-hydrogen) atoms. The fourth-order valence-electron chi connectivity index (χ4n) is 5.34. The number of carbonyl (C=O) groups excluding carboxylic acids is 2. The van der Waals surface area contributed by atoms with E-state index in [2.05, 4.69) is 27.1 Å². The Bertz CT molecular complexity index is 2230. The lowest BCUT2D eigenvalue weighted by Crippen LogP contribution is -2.29. The molecule has 0 bridgehead atoms. The first-order valence-electron chi connectivity index (χ1n) is 17.0. The smallest absolute Gasteiger partial charge is 0.342 e. The Hall–Kier alpha value is -5.77. The Balaban J connectivity index is 0.000000506. The summed E-state index contributed by atoms with van der Waals surface area (Å²) in [6, 6.07) is 17.5. The third kappa shape index (κ3) is 10.4. The van der Waals surface area contributed by atoms with E-state index in [1.165, 1.54) is 24.4 Å². The minimum atomic E-state index is -4.02. The van der Waals surface area contributed by atoms with Gasteiger partial charge in [-0.15, -0.1) is 0 Å². The van der Waals surface area contributed by atoms with Crippen LogP contribution in [0, 0.1) is 6.92 Å². The maximum absolute atomic E-state index is 13.1. The van der Waals surface area contributed by atoms with Crippen molar-refractivity contribution in [1.82, 2.24) is 19.4 Å². The second kappa shape index (κ2) is 17.8. The van der Waals surface area contributed by atoms with Crippen LogP contribution in [0.1, 0.15) is 29.8 Å². The number of rotatable bonds is 13. The fourth-order valence-corrected chi connectivity index (χ4v) is 5.82. The minimum Gasteiger partial charge on any atom is -0.494 e. The van der Waals surface area contributed by atoms with Crippen LogP contribution in [-0.2, 0) is 26.7 Å². The van der Waals surface area contributed by atoms with E-state index in [0.717, 1.165) is 34.3 Å². The van der Waals surface area contributed by atoms with Crippen molar-refractivity contribution in [3.63, 3.8) is 0 Å². The van der Waals surface area contributed by atoms with Crippen LogP contribution in [0.2, 0.25) is 0 Å². The molecule has 0 aliphatic heterocycles. The number of amides is 1. The first-order valence-corrected chi connectivity index (χ1v) is 18.4. The van der Waals surface area contributed by atoms with Crippen molar-refractivity contribution >= 4 is 55.9 Å². The van der Waals surface area contributed by atoms with Gasteiger partial charge in [-0.05, 0) is 65.2 Å². The number of para-hydroxylation sites is 1. The Kier molecular flexibility index (Phi) is 13.5. The van der Waals surface area contributed by atoms with Crippen molar-refractivity contribution in [2.75, 3.05) is 56.9 Å². The number of aromatic nitrogens is 3. The molecule has 5 rings (SSSR count). The lowest BCUT2D eigenvalue weighted by Gasteiger charge is -2.26. The number of nitrogens with one attached hydrogen (secondary N) is 2. The Morgan fingerprint density at radius 1 is 1.04 bits per heavy atom. The SMILES string of the molecule is C=CC(=O)Nc1cc(Nc2ncc(C(=O)OC(C)C)c(-c3cn(C)c4ccccc34)n2)c(OC)cc1N(C)CCN(C)C.Cc1ccc(S(=O)(=O)O)cc1. The number of esters is 1. The van der Waals surface area contributed by atoms with Crippen LogP contribution in [0.4, 0.5) is 23.0 Å². The van der Waals surface area contributed by atoms with Crippen LogP contribution in [0.5, 0.6) is 5.75 Å². The number of aryl methyl sites for hydroxylation is 2. The van der Waals surface area contributed by atoms with Gasteiger partial charge in [0.2, 0.25) is 11.9 Å². The number of hydrogen-bond acceptors (Lipinski definition) is 11. The van der Waals surface area contributed by atoms with E-state index in [-0.39, 0.29) is 28.4 Å². The summed E-state index contributed by atoms with van der Waals surface area (Å²) in [6.45, 7) is 10.5. The van der Waals surface area contributed by atoms with Gasteiger partial charge in [0.15, 0.2) is 0 Å². The first kappa shape index (κ1) is 41.0. The predicted molar refractivity (Wildman–Crippen MR) is 212 cm³/mol. The van der Waals surface area contributed by atoms with E-state index in [1.807, 2.05) is 81.1 Å². The molecule has 1 amide bonds. The van der Waals surface area contributed by atoms with Gasteiger partial charge in [-0.1, -0.05) is 42.5 Å². The second-order valence-corrected chi connectivity index (χ2v) is 14.4. The van der Waals surface area contributed by atoms with E-state index in [9.17, 15) is 18.0 Å². The van der Waals surface area contributed by atoms with E-state index >= 15 is 0 Å². The molecule has 286 valence electrons. The Morgan fingerprint density at radius 3 is 2.33 bits per heavy atom. The monoisotopic (exact) mass is 757 g/mol. The summed E-state index contributed by atoms with van der Waals surface area (Å²) < 4.78 is 42.8. The molecule has 3 aromatic carbocycles. The van der Waals surface area contributed by atoms with Gasteiger partial charge >= 0.3 is 5.97 Å². The summed E-state index contributed by atoms with van der Waals surface area (Å²) in [4.78, 5) is 38.8. The average molecular weight is 758 g/mol. The van der Waals surface area contributed by atoms with Crippen LogP contribution in [0.25, 0.3) is 22.2 Å². The van der Waals surface area contributed by atoms with E-state index in [0.29, 0.717) is 29.4 Å². The Labute approximate surface area is 316 Å². The molecule has 0 unspecified atom stereocenters. The van der Waals surface area contributed by atoms with Gasteiger partial charge in [0.1, 0.15) is 11.3 Å². The normalized spacial score (nSPS) is 11.2. The van der Waals surface area contributed by atoms with Crippen molar-refractivity contribution in [2.45, 2.75) is 31.8 Å². The average Bonchev–Trinajstić information content (AvgIpc) is 3.46. The number of methoxy groups -OCH3 is 1. The molecule has 0 aliphatic carbocycles. The zero-order valence-corrected chi connectivity index (χ0v) is 32.6. The van der Waals surface area contributed by atoms with Crippen molar-refractivity contribution in [3.8, 4) is 17.0 Å². The van der Waals surface area contributed by atoms with Crippen molar-refractivity contribution < 1.29 is 32.0 Å². The van der Waals surface area contributed by atoms with Crippen molar-refractivity contribution in [3.05, 3.63) is 96.8 Å². The van der Waals surface area contributed by atoms with E-state index < -0.39 is 16.1 Å². The number of likely N-dealkylation sites (N-methyl/N-ethyl adjacent to an activating group) is 2. The van der Waals surface area contributed by atoms with Gasteiger partial charge in [-0.3, -0.25) is 9.35 Å². The summed E-state index contributed by atoms with van der Waals surface area (Å²) in [5.41, 5.74) is 5.24. The number of hydrogen-bond donors (Lipinski definition) is 3. The quantitative estimate of drug-likeness (QED) is 0.0696. The van der Waals surface area contributed by atoms with Crippen molar-refractivity contribution in [1.29, 1.82) is 0 Å². The molecule has 0 saturated heterocycles. The molecule has 0 aliphatic rings. The number of ether oxygens (including phenoxy) is 2. The molecular formula is C39H47N7O7S. The van der Waals surface area contributed by atoms with E-state index in [1.54, 1.807) is 39.2 Å². The summed E-state index contributed by atoms with van der Waals surface area (Å²) >= 11 is 0. The molecule has 14 nitrogen and oxygen atoms in total. The molecule has 3 N–H and O–H groups in total. The van der Waals surface area contributed by atoms with Crippen LogP contribution in [-0.4, -0.2) is 91.7 Å². The van der Waals surface area contributed by atoms with Crippen LogP contribution in [0.15, 0.2) is 90.6 Å². The summed E-state index contributed by atoms with van der Waals surface area (Å²) in [5, 5.41) is 7.06. The molecular weight excluding hydrogens is 711 g/mol. The highest BCUT2D eigenvalue weighted by atomic mass is 32.2. The number of anilines is 4. The van der Waals surface area contributed by atoms with Crippen LogP contribution >= 0.6 is 0 Å². The highest BCUT2D eigenvalue weighted by Gasteiger charge is 2.23. The molecule has 2 aromatic heterocycles. The van der Waals surface area contributed by atoms with E-state index in [4.69, 9.17) is 19.0 Å². The highest BCUT2D eigenvalue weighted by molar-refractivity contribution is 7.85. The summed E-state index contributed by atoms with van der Waals surface area (Å²) in [5.74, 6) is -0.110. The molecule has 5 aromatic rings. The lowest BCUT2D eigenvalue weighted by atomic mass is 10.1. The highest BCUT2D eigenvalue weighted by Crippen LogP contribution is 2.39. The second-order valence-electron chi connectivity index (χ2n) is 13.0. The molecule has 15 heteroatoms. The molecule has 0 radical (unpaired) electrons. The molecule has 0 spiro atoms. The molecule has 0 saturated carbocycles. The maximum atomic E-state index is 13.1. The standard InChI is InChI=1S/C32H39N7O4.C7H8O3S/c1-9-29(40)34-24-16-25(28(42-8)17-27(24)38(6)15-14-37(4)5)35-32-33-18-22(31(41)43-20(2)3)30(36-32)23-19-39(7)26-13-11-10-12-21(23)26;1-6-2-4-7(5-3-6)11(8,9)10/h9-13,16-20H,1,14-15H2,2-8H3,(H,34,40)(H,33,35,36);2-5H,1H3,(H,8,9,10).